The number of halogens is 2. The number of hydrogen-bond donors (Lipinski definition) is 3. The monoisotopic (exact) mass is 554 g/mol. The van der Waals surface area contributed by atoms with Gasteiger partial charge >= 0.3 is 5.97 Å². The van der Waals surface area contributed by atoms with E-state index >= 15 is 0 Å². The van der Waals surface area contributed by atoms with Crippen molar-refractivity contribution in [3.05, 3.63) is 66.3 Å². The number of thiazole rings is 1. The highest BCUT2D eigenvalue weighted by Gasteiger charge is 2.23. The Morgan fingerprint density at radius 1 is 1.17 bits per heavy atom. The Labute approximate surface area is 221 Å². The lowest BCUT2D eigenvalue weighted by molar-refractivity contribution is 0.0696. The number of carbonyl (C=O) groups is 3. The van der Waals surface area contributed by atoms with Crippen LogP contribution in [-0.2, 0) is 19.5 Å². The van der Waals surface area contributed by atoms with Crippen molar-refractivity contribution in [1.82, 2.24) is 15.2 Å². The van der Waals surface area contributed by atoms with Crippen molar-refractivity contribution in [3.63, 3.8) is 0 Å². The number of nitrogens with zero attached hydrogens (tertiary/aromatic N) is 2. The van der Waals surface area contributed by atoms with Crippen LogP contribution in [0.15, 0.2) is 30.3 Å². The number of thiophene rings is 1. The number of amides is 2. The highest BCUT2D eigenvalue weighted by Crippen LogP contribution is 2.27. The van der Waals surface area contributed by atoms with Gasteiger partial charge in [-0.05, 0) is 42.8 Å². The van der Waals surface area contributed by atoms with Gasteiger partial charge in [0.2, 0.25) is 0 Å². The molecule has 0 aliphatic carbocycles. The van der Waals surface area contributed by atoms with Crippen molar-refractivity contribution in [3.8, 4) is 0 Å². The van der Waals surface area contributed by atoms with Crippen molar-refractivity contribution >= 4 is 70.2 Å². The molecule has 1 aliphatic rings. The second kappa shape index (κ2) is 12.0. The Hall–Kier alpha value is -2.50. The van der Waals surface area contributed by atoms with Gasteiger partial charge in [0.05, 0.1) is 20.5 Å². The van der Waals surface area contributed by atoms with Gasteiger partial charge in [0, 0.05) is 36.6 Å². The van der Waals surface area contributed by atoms with Gasteiger partial charge in [0.25, 0.3) is 11.8 Å². The van der Waals surface area contributed by atoms with Crippen LogP contribution in [0.5, 0.6) is 0 Å². The number of fused-ring (bicyclic) bond motifs is 1. The van der Waals surface area contributed by atoms with Crippen molar-refractivity contribution in [2.75, 3.05) is 18.4 Å². The van der Waals surface area contributed by atoms with Crippen molar-refractivity contribution < 1.29 is 19.5 Å². The molecule has 0 fully saturated rings. The quantitative estimate of drug-likeness (QED) is 0.364. The SMILES string of the molecule is CCCN1CCc2nc(C(=O)Nc3cc(C(=O)O)ccc3CNC(=O)c3ccc(Cl)s3)sc2C1.Cl. The number of anilines is 1. The molecule has 2 aromatic heterocycles. The molecule has 2 amide bonds. The van der Waals surface area contributed by atoms with Crippen LogP contribution in [0, 0.1) is 0 Å². The average Bonchev–Trinajstić information content (AvgIpc) is 3.44. The molecule has 0 atom stereocenters. The van der Waals surface area contributed by atoms with Crippen molar-refractivity contribution in [2.24, 2.45) is 0 Å². The molecule has 0 saturated carbocycles. The lowest BCUT2D eigenvalue weighted by Gasteiger charge is -2.24. The number of aromatic carboxylic acids is 1. The van der Waals surface area contributed by atoms with E-state index in [-0.39, 0.29) is 30.4 Å². The number of carbonyl (C=O) groups excluding carboxylic acids is 2. The third kappa shape index (κ3) is 6.59. The van der Waals surface area contributed by atoms with Gasteiger partial charge in [-0.25, -0.2) is 9.78 Å². The molecular weight excluding hydrogens is 531 g/mol. The predicted octanol–water partition coefficient (Wildman–Crippen LogP) is 4.93. The maximum atomic E-state index is 13.0. The Kier molecular flexibility index (Phi) is 9.26. The summed E-state index contributed by atoms with van der Waals surface area (Å²) in [5, 5.41) is 15.3. The third-order valence-electron chi connectivity index (χ3n) is 5.39. The van der Waals surface area contributed by atoms with Crippen LogP contribution in [0.3, 0.4) is 0 Å². The van der Waals surface area contributed by atoms with Crippen LogP contribution >= 0.6 is 46.7 Å². The fourth-order valence-electron chi connectivity index (χ4n) is 3.71. The van der Waals surface area contributed by atoms with E-state index < -0.39 is 11.9 Å². The predicted molar refractivity (Wildman–Crippen MR) is 140 cm³/mol. The number of aromatic nitrogens is 1. The molecule has 8 nitrogen and oxygen atoms in total. The summed E-state index contributed by atoms with van der Waals surface area (Å²) in [6.45, 7) is 4.96. The maximum Gasteiger partial charge on any atom is 0.335 e. The van der Waals surface area contributed by atoms with E-state index in [4.69, 9.17) is 11.6 Å². The third-order valence-corrected chi connectivity index (χ3v) is 7.70. The summed E-state index contributed by atoms with van der Waals surface area (Å²) in [4.78, 5) is 45.3. The van der Waals surface area contributed by atoms with E-state index in [0.29, 0.717) is 25.5 Å². The second-order valence-corrected chi connectivity index (χ2v) is 10.6. The molecule has 3 N–H and O–H groups in total. The van der Waals surface area contributed by atoms with Gasteiger partial charge in [-0.3, -0.25) is 14.5 Å². The van der Waals surface area contributed by atoms with Gasteiger partial charge in [-0.1, -0.05) is 24.6 Å². The minimum absolute atomic E-state index is 0. The zero-order valence-electron chi connectivity index (χ0n) is 18.8. The van der Waals surface area contributed by atoms with Crippen molar-refractivity contribution in [1.29, 1.82) is 0 Å². The summed E-state index contributed by atoms with van der Waals surface area (Å²) in [5.41, 5.74) is 1.87. The number of carboxylic acids is 1. The van der Waals surface area contributed by atoms with Gasteiger partial charge in [-0.15, -0.1) is 35.1 Å². The molecule has 1 aliphatic heterocycles. The molecule has 0 radical (unpaired) electrons. The summed E-state index contributed by atoms with van der Waals surface area (Å²) in [7, 11) is 0. The normalized spacial score (nSPS) is 13.0. The largest absolute Gasteiger partial charge is 0.478 e. The Morgan fingerprint density at radius 3 is 2.66 bits per heavy atom. The van der Waals surface area contributed by atoms with Crippen LogP contribution in [-0.4, -0.2) is 45.9 Å². The smallest absolute Gasteiger partial charge is 0.335 e. The van der Waals surface area contributed by atoms with Gasteiger partial charge in [-0.2, -0.15) is 0 Å². The Balaban J connectivity index is 0.00000342. The molecule has 3 heterocycles. The zero-order chi connectivity index (χ0) is 24.2. The Bertz CT molecular complexity index is 1240. The fraction of sp³-hybridized carbons (Fsp3) is 0.304. The van der Waals surface area contributed by atoms with Gasteiger partial charge < -0.3 is 15.7 Å². The summed E-state index contributed by atoms with van der Waals surface area (Å²) in [5.74, 6) is -1.82. The fourth-order valence-corrected chi connectivity index (χ4v) is 5.71. The van der Waals surface area contributed by atoms with E-state index in [1.807, 2.05) is 0 Å². The number of nitrogens with one attached hydrogen (secondary N) is 2. The molecule has 1 aromatic carbocycles. The van der Waals surface area contributed by atoms with E-state index in [0.717, 1.165) is 54.4 Å². The minimum Gasteiger partial charge on any atom is -0.478 e. The van der Waals surface area contributed by atoms with E-state index in [1.54, 1.807) is 18.2 Å². The van der Waals surface area contributed by atoms with Crippen LogP contribution in [0.2, 0.25) is 4.34 Å². The molecule has 3 aromatic rings. The van der Waals surface area contributed by atoms with Crippen molar-refractivity contribution in [2.45, 2.75) is 32.9 Å². The maximum absolute atomic E-state index is 13.0. The van der Waals surface area contributed by atoms with Crippen LogP contribution < -0.4 is 10.6 Å². The molecule has 186 valence electrons. The summed E-state index contributed by atoms with van der Waals surface area (Å²) >= 11 is 8.42. The number of carboxylic acid groups (broad SMARTS) is 1. The first-order valence-electron chi connectivity index (χ1n) is 10.8. The van der Waals surface area contributed by atoms with Crippen LogP contribution in [0.25, 0.3) is 0 Å². The first-order chi connectivity index (χ1) is 16.3. The molecule has 0 saturated heterocycles. The van der Waals surface area contributed by atoms with Gasteiger partial charge in [0.15, 0.2) is 5.01 Å². The summed E-state index contributed by atoms with van der Waals surface area (Å²) in [6, 6.07) is 7.68. The number of hydrogen-bond acceptors (Lipinski definition) is 7. The summed E-state index contributed by atoms with van der Waals surface area (Å²) < 4.78 is 0.507. The molecule has 0 bridgehead atoms. The molecule has 0 unspecified atom stereocenters. The molecule has 35 heavy (non-hydrogen) atoms. The van der Waals surface area contributed by atoms with E-state index in [2.05, 4.69) is 27.4 Å². The first-order valence-corrected chi connectivity index (χ1v) is 12.8. The highest BCUT2D eigenvalue weighted by atomic mass is 35.5. The minimum atomic E-state index is -1.11. The molecule has 0 spiro atoms. The lowest BCUT2D eigenvalue weighted by Crippen LogP contribution is -2.30. The standard InChI is InChI=1S/C23H23ClN4O4S2.ClH/c1-2-8-28-9-7-15-18(12-28)34-22(27-15)21(30)26-16-10-13(23(31)32)3-4-14(16)11-25-20(29)17-5-6-19(24)33-17;/h3-6,10H,2,7-9,11-12H2,1H3,(H,25,29)(H,26,30)(H,31,32);1H. The number of benzene rings is 1. The van der Waals surface area contributed by atoms with Crippen LogP contribution in [0.1, 0.15) is 59.3 Å². The number of rotatable bonds is 8. The Morgan fingerprint density at radius 2 is 1.97 bits per heavy atom. The molecular formula is C23H24Cl2N4O4S2. The second-order valence-electron chi connectivity index (χ2n) is 7.83. The lowest BCUT2D eigenvalue weighted by atomic mass is 10.1. The van der Waals surface area contributed by atoms with E-state index in [1.165, 1.54) is 23.5 Å². The summed E-state index contributed by atoms with van der Waals surface area (Å²) in [6.07, 6.45) is 1.87. The van der Waals surface area contributed by atoms with Crippen LogP contribution in [0.4, 0.5) is 5.69 Å². The zero-order valence-corrected chi connectivity index (χ0v) is 22.0. The molecule has 12 heteroatoms. The van der Waals surface area contributed by atoms with E-state index in [9.17, 15) is 19.5 Å². The first kappa shape index (κ1) is 27.1. The molecule has 4 rings (SSSR count). The highest BCUT2D eigenvalue weighted by molar-refractivity contribution is 7.18. The van der Waals surface area contributed by atoms with Gasteiger partial charge in [0.1, 0.15) is 0 Å². The average molecular weight is 556 g/mol. The topological polar surface area (TPSA) is 112 Å².